The van der Waals surface area contributed by atoms with Crippen molar-refractivity contribution >= 4 is 35.6 Å². The van der Waals surface area contributed by atoms with E-state index in [1.54, 1.807) is 6.92 Å². The zero-order chi connectivity index (χ0) is 19.6. The van der Waals surface area contributed by atoms with Crippen molar-refractivity contribution in [1.29, 1.82) is 0 Å². The maximum absolute atomic E-state index is 12.4. The molecule has 0 atom stereocenters. The number of rotatable bonds is 0. The quantitative estimate of drug-likeness (QED) is 0.295. The molecular weight excluding hydrogens is 390 g/mol. The average molecular weight is 403 g/mol. The maximum Gasteiger partial charge on any atom is 0.419 e. The monoisotopic (exact) mass is 402 g/mol. The lowest BCUT2D eigenvalue weighted by Gasteiger charge is -2.13. The largest absolute Gasteiger partial charge is 0.419 e. The highest BCUT2D eigenvalue weighted by Gasteiger charge is 2.35. The van der Waals surface area contributed by atoms with Crippen molar-refractivity contribution in [3.05, 3.63) is 52.0 Å². The predicted octanol–water partition coefficient (Wildman–Crippen LogP) is 5.83. The molecule has 25 heavy (non-hydrogen) atoms. The molecule has 0 heterocycles. The molecule has 0 aliphatic heterocycles. The topological polar surface area (TPSA) is 52.0 Å². The van der Waals surface area contributed by atoms with E-state index in [4.69, 9.17) is 23.1 Å². The lowest BCUT2D eigenvalue weighted by atomic mass is 10.1. The first-order valence-electron chi connectivity index (χ1n) is 6.52. The lowest BCUT2D eigenvalue weighted by molar-refractivity contribution is -0.139. The van der Waals surface area contributed by atoms with E-state index in [9.17, 15) is 26.3 Å². The van der Waals surface area contributed by atoms with Gasteiger partial charge in [-0.2, -0.15) is 26.3 Å². The summed E-state index contributed by atoms with van der Waals surface area (Å²) >= 11 is 9.09. The molecule has 0 aliphatic rings. The number of nitrogen functional groups attached to an aromatic ring is 2. The lowest BCUT2D eigenvalue weighted by Crippen LogP contribution is -2.10. The van der Waals surface area contributed by atoms with E-state index in [2.05, 4.69) is 12.6 Å². The van der Waals surface area contributed by atoms with Gasteiger partial charge in [0.1, 0.15) is 0 Å². The first-order valence-corrected chi connectivity index (χ1v) is 7.35. The number of nitrogens with two attached hydrogens (primary N) is 2. The predicted molar refractivity (Wildman–Crippen MR) is 88.7 cm³/mol. The van der Waals surface area contributed by atoms with Crippen molar-refractivity contribution in [3.63, 3.8) is 0 Å². The number of alkyl halides is 6. The van der Waals surface area contributed by atoms with Crippen LogP contribution < -0.4 is 11.5 Å². The van der Waals surface area contributed by atoms with E-state index in [1.807, 2.05) is 0 Å². The highest BCUT2D eigenvalue weighted by Crippen LogP contribution is 2.39. The van der Waals surface area contributed by atoms with Crippen molar-refractivity contribution < 1.29 is 26.3 Å². The zero-order valence-corrected chi connectivity index (χ0v) is 14.3. The summed E-state index contributed by atoms with van der Waals surface area (Å²) in [4.78, 5) is -0.104. The van der Waals surface area contributed by atoms with Crippen molar-refractivity contribution in [2.45, 2.75) is 24.2 Å². The molecule has 0 aromatic heterocycles. The third-order valence-electron chi connectivity index (χ3n) is 2.99. The van der Waals surface area contributed by atoms with E-state index < -0.39 is 23.5 Å². The Bertz CT molecular complexity index is 759. The molecule has 10 heteroatoms. The van der Waals surface area contributed by atoms with Gasteiger partial charge >= 0.3 is 12.4 Å². The van der Waals surface area contributed by atoms with Crippen LogP contribution in [0.3, 0.4) is 0 Å². The summed E-state index contributed by atoms with van der Waals surface area (Å²) in [6.45, 7) is 1.55. The van der Waals surface area contributed by atoms with Gasteiger partial charge < -0.3 is 11.5 Å². The van der Waals surface area contributed by atoms with Gasteiger partial charge in [0.05, 0.1) is 16.1 Å². The Morgan fingerprint density at radius 3 is 1.88 bits per heavy atom. The standard InChI is InChI=1S/C8H8F3NS.C7H5ClF3N/c1-4-2-3-5(12)6(7(4)13)8(9,10)11;8-6-3-4(12)1-2-5(6)7(9,10)11/h2-3,13H,12H2,1H3;1-3H,12H2. The van der Waals surface area contributed by atoms with Gasteiger partial charge in [-0.1, -0.05) is 17.7 Å². The van der Waals surface area contributed by atoms with Crippen LogP contribution in [-0.2, 0) is 12.4 Å². The van der Waals surface area contributed by atoms with Crippen LogP contribution >= 0.6 is 24.2 Å². The highest BCUT2D eigenvalue weighted by molar-refractivity contribution is 7.80. The number of thiol groups is 1. The summed E-state index contributed by atoms with van der Waals surface area (Å²) in [6.07, 6.45) is -8.85. The number of aryl methyl sites for hydroxylation is 1. The fourth-order valence-electron chi connectivity index (χ4n) is 1.77. The molecule has 0 saturated carbocycles. The summed E-state index contributed by atoms with van der Waals surface area (Å²) in [5.74, 6) is 0. The van der Waals surface area contributed by atoms with Gasteiger partial charge in [-0.3, -0.25) is 0 Å². The number of halogens is 7. The average Bonchev–Trinajstić information content (AvgIpc) is 2.41. The molecule has 2 rings (SSSR count). The normalized spacial score (nSPS) is 11.7. The van der Waals surface area contributed by atoms with Crippen molar-refractivity contribution in [2.75, 3.05) is 11.5 Å². The van der Waals surface area contributed by atoms with Crippen LogP contribution in [0.4, 0.5) is 37.7 Å². The molecule has 0 saturated heterocycles. The van der Waals surface area contributed by atoms with E-state index in [-0.39, 0.29) is 21.3 Å². The minimum absolute atomic E-state index is 0.104. The van der Waals surface area contributed by atoms with Gasteiger partial charge in [-0.05, 0) is 36.8 Å². The Balaban J connectivity index is 0.000000251. The Morgan fingerprint density at radius 2 is 1.48 bits per heavy atom. The van der Waals surface area contributed by atoms with Gasteiger partial charge in [-0.25, -0.2) is 0 Å². The van der Waals surface area contributed by atoms with Gasteiger partial charge in [0.15, 0.2) is 0 Å². The fourth-order valence-corrected chi connectivity index (χ4v) is 2.40. The minimum atomic E-state index is -4.44. The minimum Gasteiger partial charge on any atom is -0.399 e. The second-order valence-corrected chi connectivity index (χ2v) is 5.78. The number of hydrogen-bond donors (Lipinski definition) is 3. The van der Waals surface area contributed by atoms with Gasteiger partial charge in [0.2, 0.25) is 0 Å². The number of benzene rings is 2. The van der Waals surface area contributed by atoms with Crippen molar-refractivity contribution in [3.8, 4) is 0 Å². The second-order valence-electron chi connectivity index (χ2n) is 4.93. The Hall–Kier alpha value is -1.74. The molecule has 0 amide bonds. The maximum atomic E-state index is 12.4. The Labute approximate surface area is 150 Å². The van der Waals surface area contributed by atoms with Crippen LogP contribution in [0.5, 0.6) is 0 Å². The van der Waals surface area contributed by atoms with E-state index >= 15 is 0 Å². The van der Waals surface area contributed by atoms with Gasteiger partial charge in [0, 0.05) is 16.3 Å². The molecule has 4 N–H and O–H groups in total. The number of hydrogen-bond acceptors (Lipinski definition) is 3. The molecule has 0 fully saturated rings. The molecule has 2 nitrogen and oxygen atoms in total. The SMILES string of the molecule is Cc1ccc(N)c(C(F)(F)F)c1S.Nc1ccc(C(F)(F)F)c(Cl)c1. The third-order valence-corrected chi connectivity index (χ3v) is 3.88. The first kappa shape index (κ1) is 21.3. The third kappa shape index (κ3) is 5.64. The Morgan fingerprint density at radius 1 is 0.920 bits per heavy atom. The van der Waals surface area contributed by atoms with E-state index in [0.29, 0.717) is 5.56 Å². The van der Waals surface area contributed by atoms with Crippen LogP contribution in [0.15, 0.2) is 35.2 Å². The van der Waals surface area contributed by atoms with Gasteiger partial charge in [0.25, 0.3) is 0 Å². The van der Waals surface area contributed by atoms with Crippen LogP contribution in [0.25, 0.3) is 0 Å². The van der Waals surface area contributed by atoms with Gasteiger partial charge in [-0.15, -0.1) is 12.6 Å². The fraction of sp³-hybridized carbons (Fsp3) is 0.200. The molecular formula is C15H13ClF6N2S. The van der Waals surface area contributed by atoms with Crippen molar-refractivity contribution in [2.24, 2.45) is 0 Å². The van der Waals surface area contributed by atoms with Crippen LogP contribution in [0.1, 0.15) is 16.7 Å². The van der Waals surface area contributed by atoms with Crippen LogP contribution in [0, 0.1) is 6.92 Å². The second kappa shape index (κ2) is 7.65. The molecule has 0 unspecified atom stereocenters. The summed E-state index contributed by atoms with van der Waals surface area (Å²) in [6, 6.07) is 5.83. The molecule has 0 aliphatic carbocycles. The smallest absolute Gasteiger partial charge is 0.399 e. The molecule has 2 aromatic carbocycles. The summed E-state index contributed by atoms with van der Waals surface area (Å²) in [5.41, 5.74) is 9.10. The van der Waals surface area contributed by atoms with Crippen molar-refractivity contribution in [1.82, 2.24) is 0 Å². The summed E-state index contributed by atoms with van der Waals surface area (Å²) < 4.78 is 73.2. The van der Waals surface area contributed by atoms with Crippen LogP contribution in [-0.4, -0.2) is 0 Å². The zero-order valence-electron chi connectivity index (χ0n) is 12.6. The number of anilines is 2. The first-order chi connectivity index (χ1) is 11.2. The highest BCUT2D eigenvalue weighted by atomic mass is 35.5. The Kier molecular flexibility index (Phi) is 6.52. The van der Waals surface area contributed by atoms with E-state index in [1.165, 1.54) is 12.1 Å². The van der Waals surface area contributed by atoms with Crippen LogP contribution in [0.2, 0.25) is 5.02 Å². The molecule has 2 aromatic rings. The molecule has 138 valence electrons. The van der Waals surface area contributed by atoms with E-state index in [0.717, 1.165) is 18.2 Å². The molecule has 0 spiro atoms. The molecule has 0 bridgehead atoms. The summed E-state index contributed by atoms with van der Waals surface area (Å²) in [7, 11) is 0. The molecule has 0 radical (unpaired) electrons. The summed E-state index contributed by atoms with van der Waals surface area (Å²) in [5, 5.41) is -0.373.